The molecule has 0 aromatic rings. The lowest BCUT2D eigenvalue weighted by Crippen LogP contribution is -2.43. The number of carboxylic acids is 1. The molecule has 4 nitrogen and oxygen atoms in total. The van der Waals surface area contributed by atoms with Gasteiger partial charge in [-0.3, -0.25) is 9.59 Å². The molecular weight excluding hydrogens is 194 g/mol. The van der Waals surface area contributed by atoms with Gasteiger partial charge in [0.05, 0.1) is 6.42 Å². The molecular formula is C11H19NO3. The fourth-order valence-corrected chi connectivity index (χ4v) is 1.41. The molecule has 15 heavy (non-hydrogen) atoms. The van der Waals surface area contributed by atoms with Gasteiger partial charge in [-0.05, 0) is 18.8 Å². The molecule has 1 unspecified atom stereocenters. The minimum Gasteiger partial charge on any atom is -0.481 e. The lowest BCUT2D eigenvalue weighted by molar-refractivity contribution is -0.138. The molecule has 0 spiro atoms. The Morgan fingerprint density at radius 1 is 1.40 bits per heavy atom. The summed E-state index contributed by atoms with van der Waals surface area (Å²) in [6.07, 6.45) is 2.09. The van der Waals surface area contributed by atoms with Gasteiger partial charge in [-0.2, -0.15) is 0 Å². The topological polar surface area (TPSA) is 66.4 Å². The second kappa shape index (κ2) is 4.21. The fourth-order valence-electron chi connectivity index (χ4n) is 1.41. The molecule has 1 saturated carbocycles. The fraction of sp³-hybridized carbons (Fsp3) is 0.818. The summed E-state index contributed by atoms with van der Waals surface area (Å²) >= 11 is 0. The molecule has 1 aliphatic carbocycles. The molecule has 2 N–H and O–H groups in total. The first-order valence-corrected chi connectivity index (χ1v) is 5.33. The van der Waals surface area contributed by atoms with Crippen LogP contribution in [0, 0.1) is 11.3 Å². The van der Waals surface area contributed by atoms with Crippen LogP contribution in [0.5, 0.6) is 0 Å². The highest BCUT2D eigenvalue weighted by Gasteiger charge is 2.35. The molecule has 0 radical (unpaired) electrons. The molecule has 86 valence electrons. The van der Waals surface area contributed by atoms with Crippen molar-refractivity contribution in [1.29, 1.82) is 0 Å². The third-order valence-electron chi connectivity index (χ3n) is 2.58. The Hall–Kier alpha value is -1.06. The number of carbonyl (C=O) groups is 2. The van der Waals surface area contributed by atoms with E-state index < -0.39 is 11.4 Å². The Labute approximate surface area is 90.0 Å². The zero-order chi connectivity index (χ0) is 11.6. The summed E-state index contributed by atoms with van der Waals surface area (Å²) in [5.41, 5.74) is -0.453. The van der Waals surface area contributed by atoms with Crippen LogP contribution < -0.4 is 5.32 Å². The lowest BCUT2D eigenvalue weighted by Gasteiger charge is -2.23. The maximum absolute atomic E-state index is 11.7. The van der Waals surface area contributed by atoms with Gasteiger partial charge in [0.25, 0.3) is 0 Å². The molecule has 1 atom stereocenters. The molecule has 0 aromatic carbocycles. The van der Waals surface area contributed by atoms with Crippen molar-refractivity contribution in [1.82, 2.24) is 5.32 Å². The second-order valence-electron chi connectivity index (χ2n) is 5.27. The highest BCUT2D eigenvalue weighted by Crippen LogP contribution is 2.34. The standard InChI is InChI=1S/C11H19NO3/c1-11(2,3)10(15)12-8(6-9(13)14)7-4-5-7/h7-8H,4-6H2,1-3H3,(H,12,15)(H,13,14). The summed E-state index contributed by atoms with van der Waals surface area (Å²) in [5, 5.41) is 11.6. The second-order valence-corrected chi connectivity index (χ2v) is 5.27. The Bertz CT molecular complexity index is 263. The van der Waals surface area contributed by atoms with Crippen molar-refractivity contribution in [2.45, 2.75) is 46.1 Å². The molecule has 1 fully saturated rings. The van der Waals surface area contributed by atoms with Crippen LogP contribution in [0.1, 0.15) is 40.0 Å². The van der Waals surface area contributed by atoms with Gasteiger partial charge in [-0.15, -0.1) is 0 Å². The van der Waals surface area contributed by atoms with Crippen molar-refractivity contribution >= 4 is 11.9 Å². The molecule has 0 heterocycles. The van der Waals surface area contributed by atoms with Gasteiger partial charge in [-0.25, -0.2) is 0 Å². The van der Waals surface area contributed by atoms with E-state index in [1.165, 1.54) is 0 Å². The van der Waals surface area contributed by atoms with Crippen molar-refractivity contribution in [3.8, 4) is 0 Å². The van der Waals surface area contributed by atoms with Gasteiger partial charge in [-0.1, -0.05) is 20.8 Å². The van der Waals surface area contributed by atoms with E-state index >= 15 is 0 Å². The summed E-state index contributed by atoms with van der Waals surface area (Å²) in [4.78, 5) is 22.3. The van der Waals surface area contributed by atoms with E-state index in [1.54, 1.807) is 0 Å². The number of aliphatic carboxylic acids is 1. The van der Waals surface area contributed by atoms with E-state index in [9.17, 15) is 9.59 Å². The van der Waals surface area contributed by atoms with Crippen LogP contribution in [-0.4, -0.2) is 23.0 Å². The summed E-state index contributed by atoms with van der Waals surface area (Å²) in [5.74, 6) is -0.547. The first kappa shape index (κ1) is 12.0. The van der Waals surface area contributed by atoms with Gasteiger partial charge in [0.2, 0.25) is 5.91 Å². The molecule has 0 aliphatic heterocycles. The first-order valence-electron chi connectivity index (χ1n) is 5.33. The van der Waals surface area contributed by atoms with Gasteiger partial charge >= 0.3 is 5.97 Å². The maximum atomic E-state index is 11.7. The van der Waals surface area contributed by atoms with E-state index in [2.05, 4.69) is 5.32 Å². The van der Waals surface area contributed by atoms with Crippen LogP contribution in [0.25, 0.3) is 0 Å². The van der Waals surface area contributed by atoms with Crippen molar-refractivity contribution in [3.05, 3.63) is 0 Å². The SMILES string of the molecule is CC(C)(C)C(=O)NC(CC(=O)O)C1CC1. The average molecular weight is 213 g/mol. The Balaban J connectivity index is 2.51. The van der Waals surface area contributed by atoms with E-state index in [1.807, 2.05) is 20.8 Å². The molecule has 1 amide bonds. The molecule has 4 heteroatoms. The average Bonchev–Trinajstić information content (AvgIpc) is 2.81. The van der Waals surface area contributed by atoms with Crippen LogP contribution in [0.3, 0.4) is 0 Å². The number of hydrogen-bond donors (Lipinski definition) is 2. The number of amides is 1. The smallest absolute Gasteiger partial charge is 0.305 e. The predicted molar refractivity (Wildman–Crippen MR) is 56.4 cm³/mol. The Kier molecular flexibility index (Phi) is 3.37. The highest BCUT2D eigenvalue weighted by atomic mass is 16.4. The summed E-state index contributed by atoms with van der Waals surface area (Å²) in [6.45, 7) is 5.48. The van der Waals surface area contributed by atoms with Gasteiger partial charge < -0.3 is 10.4 Å². The zero-order valence-electron chi connectivity index (χ0n) is 9.54. The van der Waals surface area contributed by atoms with Crippen LogP contribution in [0.4, 0.5) is 0 Å². The van der Waals surface area contributed by atoms with Crippen LogP contribution in [0.15, 0.2) is 0 Å². The summed E-state index contributed by atoms with van der Waals surface area (Å²) < 4.78 is 0. The van der Waals surface area contributed by atoms with E-state index in [0.717, 1.165) is 12.8 Å². The number of hydrogen-bond acceptors (Lipinski definition) is 2. The number of carbonyl (C=O) groups excluding carboxylic acids is 1. The monoisotopic (exact) mass is 213 g/mol. The first-order chi connectivity index (χ1) is 6.80. The number of carboxylic acid groups (broad SMARTS) is 1. The highest BCUT2D eigenvalue weighted by molar-refractivity contribution is 5.82. The van der Waals surface area contributed by atoms with Crippen molar-refractivity contribution < 1.29 is 14.7 Å². The summed E-state index contributed by atoms with van der Waals surface area (Å²) in [7, 11) is 0. The minimum atomic E-state index is -0.846. The zero-order valence-corrected chi connectivity index (χ0v) is 9.54. The van der Waals surface area contributed by atoms with Crippen LogP contribution >= 0.6 is 0 Å². The van der Waals surface area contributed by atoms with Crippen molar-refractivity contribution in [3.63, 3.8) is 0 Å². The van der Waals surface area contributed by atoms with Crippen molar-refractivity contribution in [2.75, 3.05) is 0 Å². The van der Waals surface area contributed by atoms with Gasteiger partial charge in [0, 0.05) is 11.5 Å². The van der Waals surface area contributed by atoms with E-state index in [-0.39, 0.29) is 18.4 Å². The Morgan fingerprint density at radius 2 is 1.93 bits per heavy atom. The van der Waals surface area contributed by atoms with Gasteiger partial charge in [0.1, 0.15) is 0 Å². The molecule has 0 aromatic heterocycles. The largest absolute Gasteiger partial charge is 0.481 e. The predicted octanol–water partition coefficient (Wildman–Crippen LogP) is 1.40. The molecule has 1 rings (SSSR count). The van der Waals surface area contributed by atoms with E-state index in [4.69, 9.17) is 5.11 Å². The third-order valence-corrected chi connectivity index (χ3v) is 2.58. The molecule has 0 saturated heterocycles. The van der Waals surface area contributed by atoms with Gasteiger partial charge in [0.15, 0.2) is 0 Å². The molecule has 0 bridgehead atoms. The minimum absolute atomic E-state index is 0.0342. The maximum Gasteiger partial charge on any atom is 0.305 e. The normalized spacial score (nSPS) is 18.3. The van der Waals surface area contributed by atoms with Crippen molar-refractivity contribution in [2.24, 2.45) is 11.3 Å². The number of rotatable bonds is 4. The van der Waals surface area contributed by atoms with E-state index in [0.29, 0.717) is 5.92 Å². The third kappa shape index (κ3) is 3.90. The quantitative estimate of drug-likeness (QED) is 0.741. The van der Waals surface area contributed by atoms with Crippen LogP contribution in [-0.2, 0) is 9.59 Å². The Morgan fingerprint density at radius 3 is 2.27 bits per heavy atom. The summed E-state index contributed by atoms with van der Waals surface area (Å²) in [6, 6.07) is -0.186. The molecule has 1 aliphatic rings. The lowest BCUT2D eigenvalue weighted by atomic mass is 9.94. The number of nitrogens with one attached hydrogen (secondary N) is 1. The van der Waals surface area contributed by atoms with Crippen LogP contribution in [0.2, 0.25) is 0 Å².